The number of likely N-dealkylation sites (tertiary alicyclic amines) is 1. The predicted octanol–water partition coefficient (Wildman–Crippen LogP) is 3.90. The van der Waals surface area contributed by atoms with E-state index in [1.807, 2.05) is 47.4 Å². The van der Waals surface area contributed by atoms with E-state index in [0.717, 1.165) is 43.9 Å². The summed E-state index contributed by atoms with van der Waals surface area (Å²) >= 11 is 0. The molecule has 0 saturated carbocycles. The first kappa shape index (κ1) is 20.1. The number of hydrogen-bond acceptors (Lipinski definition) is 3. The Morgan fingerprint density at radius 2 is 1.82 bits per heavy atom. The summed E-state index contributed by atoms with van der Waals surface area (Å²) in [4.78, 5) is 28.7. The van der Waals surface area contributed by atoms with Crippen LogP contribution in [0.1, 0.15) is 48.2 Å². The Kier molecular flexibility index (Phi) is 6.82. The summed E-state index contributed by atoms with van der Waals surface area (Å²) in [6.45, 7) is 8.54. The topological polar surface area (TPSA) is 52.7 Å². The van der Waals surface area contributed by atoms with E-state index in [9.17, 15) is 9.59 Å². The van der Waals surface area contributed by atoms with Crippen LogP contribution in [0.15, 0.2) is 48.5 Å². The van der Waals surface area contributed by atoms with Crippen LogP contribution < -0.4 is 5.32 Å². The van der Waals surface area contributed by atoms with Gasteiger partial charge in [0.25, 0.3) is 5.91 Å². The van der Waals surface area contributed by atoms with E-state index in [-0.39, 0.29) is 11.8 Å². The van der Waals surface area contributed by atoms with Crippen LogP contribution in [0.4, 0.5) is 5.69 Å². The number of hydrogen-bond donors (Lipinski definition) is 1. The number of benzene rings is 2. The molecule has 3 rings (SSSR count). The molecule has 0 radical (unpaired) electrons. The average molecular weight is 380 g/mol. The minimum atomic E-state index is -0.130. The normalized spacial score (nSPS) is 14.0. The van der Waals surface area contributed by atoms with Crippen molar-refractivity contribution in [3.8, 4) is 0 Å². The van der Waals surface area contributed by atoms with Gasteiger partial charge in [-0.05, 0) is 54.9 Å². The van der Waals surface area contributed by atoms with Gasteiger partial charge in [0, 0.05) is 37.3 Å². The lowest BCUT2D eigenvalue weighted by molar-refractivity contribution is -0.128. The third kappa shape index (κ3) is 5.20. The second-order valence-corrected chi connectivity index (χ2v) is 7.24. The molecule has 148 valence electrons. The SMILES string of the molecule is CCN(CC)Cc1cccc(NC(=O)c2cccc(CN3CCCC3=O)c2)c1. The molecule has 1 heterocycles. The van der Waals surface area contributed by atoms with Crippen LogP contribution in [-0.2, 0) is 17.9 Å². The van der Waals surface area contributed by atoms with Gasteiger partial charge >= 0.3 is 0 Å². The number of anilines is 1. The molecule has 1 saturated heterocycles. The van der Waals surface area contributed by atoms with Crippen molar-refractivity contribution in [2.24, 2.45) is 0 Å². The van der Waals surface area contributed by atoms with Gasteiger partial charge in [0.2, 0.25) is 5.91 Å². The van der Waals surface area contributed by atoms with Gasteiger partial charge in [-0.1, -0.05) is 38.1 Å². The smallest absolute Gasteiger partial charge is 0.255 e. The molecular weight excluding hydrogens is 350 g/mol. The number of nitrogens with zero attached hydrogens (tertiary/aromatic N) is 2. The molecule has 0 unspecified atom stereocenters. The van der Waals surface area contributed by atoms with E-state index >= 15 is 0 Å². The first-order chi connectivity index (χ1) is 13.6. The van der Waals surface area contributed by atoms with Gasteiger partial charge in [-0.2, -0.15) is 0 Å². The third-order valence-electron chi connectivity index (χ3n) is 5.22. The maximum atomic E-state index is 12.7. The molecule has 1 N–H and O–H groups in total. The summed E-state index contributed by atoms with van der Waals surface area (Å²) in [6.07, 6.45) is 1.55. The van der Waals surface area contributed by atoms with Crippen molar-refractivity contribution in [2.45, 2.75) is 39.8 Å². The molecule has 5 heteroatoms. The Bertz CT molecular complexity index is 830. The third-order valence-corrected chi connectivity index (χ3v) is 5.22. The summed E-state index contributed by atoms with van der Waals surface area (Å²) in [5.74, 6) is 0.0643. The number of carbonyl (C=O) groups excluding carboxylic acids is 2. The van der Waals surface area contributed by atoms with Crippen LogP contribution in [0.2, 0.25) is 0 Å². The molecule has 0 aliphatic carbocycles. The van der Waals surface area contributed by atoms with Crippen molar-refractivity contribution in [3.05, 3.63) is 65.2 Å². The highest BCUT2D eigenvalue weighted by Crippen LogP contribution is 2.17. The molecule has 5 nitrogen and oxygen atoms in total. The minimum absolute atomic E-state index is 0.130. The van der Waals surface area contributed by atoms with Crippen molar-refractivity contribution in [1.29, 1.82) is 0 Å². The summed E-state index contributed by atoms with van der Waals surface area (Å²) in [5.41, 5.74) is 3.58. The molecule has 1 aliphatic heterocycles. The van der Waals surface area contributed by atoms with E-state index in [1.165, 1.54) is 5.56 Å². The fourth-order valence-corrected chi connectivity index (χ4v) is 3.56. The Morgan fingerprint density at radius 1 is 1.07 bits per heavy atom. The number of amides is 2. The summed E-state index contributed by atoms with van der Waals surface area (Å²) < 4.78 is 0. The lowest BCUT2D eigenvalue weighted by Crippen LogP contribution is -2.24. The molecule has 0 atom stereocenters. The first-order valence-electron chi connectivity index (χ1n) is 10.1. The number of nitrogens with one attached hydrogen (secondary N) is 1. The van der Waals surface area contributed by atoms with Crippen LogP contribution in [0.3, 0.4) is 0 Å². The average Bonchev–Trinajstić information content (AvgIpc) is 3.11. The van der Waals surface area contributed by atoms with Crippen molar-refractivity contribution >= 4 is 17.5 Å². The van der Waals surface area contributed by atoms with Gasteiger partial charge in [-0.25, -0.2) is 0 Å². The molecule has 2 aromatic rings. The highest BCUT2D eigenvalue weighted by molar-refractivity contribution is 6.04. The quantitative estimate of drug-likeness (QED) is 0.757. The second-order valence-electron chi connectivity index (χ2n) is 7.24. The van der Waals surface area contributed by atoms with Crippen LogP contribution in [-0.4, -0.2) is 41.2 Å². The number of carbonyl (C=O) groups is 2. The Labute approximate surface area is 167 Å². The van der Waals surface area contributed by atoms with Crippen LogP contribution in [0.5, 0.6) is 0 Å². The van der Waals surface area contributed by atoms with Gasteiger partial charge in [0.1, 0.15) is 0 Å². The lowest BCUT2D eigenvalue weighted by Gasteiger charge is -2.18. The summed E-state index contributed by atoms with van der Waals surface area (Å²) in [7, 11) is 0. The standard InChI is InChI=1S/C23H29N3O2/c1-3-25(4-2)16-19-9-6-11-21(15-19)24-23(28)20-10-5-8-18(14-20)17-26-13-7-12-22(26)27/h5-6,8-11,14-15H,3-4,7,12-13,16-17H2,1-2H3,(H,24,28). The van der Waals surface area contributed by atoms with E-state index < -0.39 is 0 Å². The molecule has 2 amide bonds. The Balaban J connectivity index is 1.66. The molecular formula is C23H29N3O2. The first-order valence-corrected chi connectivity index (χ1v) is 10.1. The van der Waals surface area contributed by atoms with Gasteiger partial charge in [-0.15, -0.1) is 0 Å². The Hall–Kier alpha value is -2.66. The molecule has 0 spiro atoms. The van der Waals surface area contributed by atoms with Crippen LogP contribution >= 0.6 is 0 Å². The van der Waals surface area contributed by atoms with Gasteiger partial charge < -0.3 is 10.2 Å². The van der Waals surface area contributed by atoms with Crippen molar-refractivity contribution in [3.63, 3.8) is 0 Å². The molecule has 0 bridgehead atoms. The zero-order valence-corrected chi connectivity index (χ0v) is 16.8. The highest BCUT2D eigenvalue weighted by Gasteiger charge is 2.20. The van der Waals surface area contributed by atoms with E-state index in [1.54, 1.807) is 0 Å². The zero-order chi connectivity index (χ0) is 19.9. The van der Waals surface area contributed by atoms with E-state index in [4.69, 9.17) is 0 Å². The number of rotatable bonds is 8. The van der Waals surface area contributed by atoms with E-state index in [2.05, 4.69) is 30.1 Å². The highest BCUT2D eigenvalue weighted by atomic mass is 16.2. The predicted molar refractivity (Wildman–Crippen MR) is 112 cm³/mol. The fourth-order valence-electron chi connectivity index (χ4n) is 3.56. The molecule has 28 heavy (non-hydrogen) atoms. The fraction of sp³-hybridized carbons (Fsp3) is 0.391. The molecule has 0 aromatic heterocycles. The Morgan fingerprint density at radius 3 is 2.54 bits per heavy atom. The summed E-state index contributed by atoms with van der Waals surface area (Å²) in [6, 6.07) is 15.5. The summed E-state index contributed by atoms with van der Waals surface area (Å²) in [5, 5.41) is 3.00. The lowest BCUT2D eigenvalue weighted by atomic mass is 10.1. The van der Waals surface area contributed by atoms with Gasteiger partial charge in [-0.3, -0.25) is 14.5 Å². The van der Waals surface area contributed by atoms with Crippen molar-refractivity contribution < 1.29 is 9.59 Å². The molecule has 1 fully saturated rings. The van der Waals surface area contributed by atoms with Crippen molar-refractivity contribution in [1.82, 2.24) is 9.80 Å². The van der Waals surface area contributed by atoms with Crippen LogP contribution in [0.25, 0.3) is 0 Å². The van der Waals surface area contributed by atoms with Crippen LogP contribution in [0, 0.1) is 0 Å². The van der Waals surface area contributed by atoms with Gasteiger partial charge in [0.15, 0.2) is 0 Å². The maximum absolute atomic E-state index is 12.7. The van der Waals surface area contributed by atoms with E-state index in [0.29, 0.717) is 18.5 Å². The second kappa shape index (κ2) is 9.51. The van der Waals surface area contributed by atoms with Crippen molar-refractivity contribution in [2.75, 3.05) is 25.0 Å². The maximum Gasteiger partial charge on any atom is 0.255 e. The minimum Gasteiger partial charge on any atom is -0.338 e. The molecule has 2 aromatic carbocycles. The molecule has 1 aliphatic rings. The van der Waals surface area contributed by atoms with Gasteiger partial charge in [0.05, 0.1) is 0 Å². The zero-order valence-electron chi connectivity index (χ0n) is 16.8. The monoisotopic (exact) mass is 379 g/mol. The largest absolute Gasteiger partial charge is 0.338 e.